The van der Waals surface area contributed by atoms with Gasteiger partial charge in [0.25, 0.3) is 0 Å². The van der Waals surface area contributed by atoms with Gasteiger partial charge in [-0.1, -0.05) is 25.5 Å². The lowest BCUT2D eigenvalue weighted by Crippen LogP contribution is -2.43. The van der Waals surface area contributed by atoms with E-state index >= 15 is 0 Å². The number of carbonyl (C=O) groups is 3. The Kier molecular flexibility index (Phi) is 7.71. The van der Waals surface area contributed by atoms with Crippen molar-refractivity contribution in [2.24, 2.45) is 11.8 Å². The van der Waals surface area contributed by atoms with Crippen LogP contribution in [0.3, 0.4) is 0 Å². The summed E-state index contributed by atoms with van der Waals surface area (Å²) in [5.74, 6) is -2.48. The van der Waals surface area contributed by atoms with Gasteiger partial charge < -0.3 is 24.3 Å². The van der Waals surface area contributed by atoms with Gasteiger partial charge in [0.05, 0.1) is 32.8 Å². The number of benzene rings is 1. The predicted molar refractivity (Wildman–Crippen MR) is 132 cm³/mol. The topological polar surface area (TPSA) is 100 Å². The minimum Gasteiger partial charge on any atom is -0.493 e. The predicted octanol–water partition coefficient (Wildman–Crippen LogP) is 4.19. The van der Waals surface area contributed by atoms with Gasteiger partial charge in [-0.3, -0.25) is 9.59 Å². The van der Waals surface area contributed by atoms with Crippen molar-refractivity contribution in [3.05, 3.63) is 46.3 Å². The van der Waals surface area contributed by atoms with E-state index in [-0.39, 0.29) is 17.8 Å². The van der Waals surface area contributed by atoms with Crippen LogP contribution in [-0.2, 0) is 23.9 Å². The van der Waals surface area contributed by atoms with Gasteiger partial charge >= 0.3 is 11.9 Å². The number of methoxy groups -OCH3 is 3. The molecule has 0 aromatic heterocycles. The van der Waals surface area contributed by atoms with Crippen molar-refractivity contribution in [1.29, 1.82) is 0 Å². The molecule has 1 aromatic rings. The number of hydrogen-bond acceptors (Lipinski definition) is 8. The van der Waals surface area contributed by atoms with E-state index in [2.05, 4.69) is 5.32 Å². The molecule has 3 aliphatic rings. The summed E-state index contributed by atoms with van der Waals surface area (Å²) >= 11 is 0. The third-order valence-corrected chi connectivity index (χ3v) is 7.53. The number of allylic oxidation sites excluding steroid dienone is 3. The summed E-state index contributed by atoms with van der Waals surface area (Å²) in [5, 5.41) is 3.30. The smallest absolute Gasteiger partial charge is 0.337 e. The zero-order valence-corrected chi connectivity index (χ0v) is 21.6. The molecule has 8 heteroatoms. The van der Waals surface area contributed by atoms with Gasteiger partial charge in [0.2, 0.25) is 0 Å². The Hall–Kier alpha value is -3.29. The van der Waals surface area contributed by atoms with E-state index in [1.807, 2.05) is 19.9 Å². The van der Waals surface area contributed by atoms with E-state index in [1.165, 1.54) is 21.3 Å². The standard InChI is InChI=1S/C28H35NO7/c1-15-14-19-24(25(30)21(15)27(31)35-5)23(18-12-9-13-20(33-3)26(18)34-4)22(16(2)29-19)28(32)36-17-10-7-6-8-11-17/h9,12-13,15,17,21,23,29H,6-8,10-11,14H2,1-5H3/t15-,21-,23+/m0/s1. The molecular weight excluding hydrogens is 462 g/mol. The van der Waals surface area contributed by atoms with Gasteiger partial charge in [-0.2, -0.15) is 0 Å². The first kappa shape index (κ1) is 25.8. The first-order valence-electron chi connectivity index (χ1n) is 12.6. The molecule has 36 heavy (non-hydrogen) atoms. The van der Waals surface area contributed by atoms with E-state index < -0.39 is 23.8 Å². The lowest BCUT2D eigenvalue weighted by Gasteiger charge is -2.39. The Morgan fingerprint density at radius 1 is 1.03 bits per heavy atom. The molecule has 0 spiro atoms. The van der Waals surface area contributed by atoms with Crippen molar-refractivity contribution in [1.82, 2.24) is 5.32 Å². The number of para-hydroxylation sites is 1. The second-order valence-electron chi connectivity index (χ2n) is 9.78. The highest BCUT2D eigenvalue weighted by Gasteiger charge is 2.48. The van der Waals surface area contributed by atoms with Crippen molar-refractivity contribution < 1.29 is 33.3 Å². The number of hydrogen-bond donors (Lipinski definition) is 1. The Labute approximate surface area is 212 Å². The van der Waals surface area contributed by atoms with Crippen LogP contribution in [0.4, 0.5) is 0 Å². The molecule has 0 amide bonds. The van der Waals surface area contributed by atoms with Crippen LogP contribution in [0.1, 0.15) is 63.9 Å². The summed E-state index contributed by atoms with van der Waals surface area (Å²) in [6.45, 7) is 3.68. The molecule has 194 valence electrons. The monoisotopic (exact) mass is 497 g/mol. The normalized spacial score (nSPS) is 24.6. The summed E-state index contributed by atoms with van der Waals surface area (Å²) < 4.78 is 22.2. The molecular formula is C28H35NO7. The van der Waals surface area contributed by atoms with E-state index in [4.69, 9.17) is 18.9 Å². The fourth-order valence-electron chi connectivity index (χ4n) is 5.80. The van der Waals surface area contributed by atoms with Gasteiger partial charge in [-0.15, -0.1) is 0 Å². The molecule has 3 atom stereocenters. The fraction of sp³-hybridized carbons (Fsp3) is 0.536. The molecule has 1 saturated carbocycles. The van der Waals surface area contributed by atoms with Crippen LogP contribution in [0.2, 0.25) is 0 Å². The Balaban J connectivity index is 1.86. The molecule has 1 heterocycles. The van der Waals surface area contributed by atoms with Crippen LogP contribution < -0.4 is 14.8 Å². The second kappa shape index (κ2) is 10.8. The molecule has 1 fully saturated rings. The molecule has 8 nitrogen and oxygen atoms in total. The van der Waals surface area contributed by atoms with Gasteiger partial charge in [0, 0.05) is 22.5 Å². The van der Waals surface area contributed by atoms with Crippen LogP contribution in [0.5, 0.6) is 11.5 Å². The number of esters is 2. The van der Waals surface area contributed by atoms with Gasteiger partial charge in [-0.25, -0.2) is 4.79 Å². The van der Waals surface area contributed by atoms with Crippen molar-refractivity contribution in [2.45, 2.75) is 64.4 Å². The summed E-state index contributed by atoms with van der Waals surface area (Å²) in [4.78, 5) is 40.3. The highest BCUT2D eigenvalue weighted by Crippen LogP contribution is 2.49. The van der Waals surface area contributed by atoms with Crippen molar-refractivity contribution in [2.75, 3.05) is 21.3 Å². The number of nitrogens with one attached hydrogen (secondary N) is 1. The van der Waals surface area contributed by atoms with E-state index in [9.17, 15) is 14.4 Å². The molecule has 0 bridgehead atoms. The van der Waals surface area contributed by atoms with Gasteiger partial charge in [0.1, 0.15) is 12.0 Å². The number of carbonyl (C=O) groups excluding carboxylic acids is 3. The first-order chi connectivity index (χ1) is 17.3. The van der Waals surface area contributed by atoms with E-state index in [0.29, 0.717) is 46.0 Å². The number of Topliss-reactive ketones (excluding diaryl/α,β-unsaturated/α-hetero) is 1. The summed E-state index contributed by atoms with van der Waals surface area (Å²) in [6.07, 6.45) is 5.15. The first-order valence-corrected chi connectivity index (χ1v) is 12.6. The highest BCUT2D eigenvalue weighted by atomic mass is 16.5. The van der Waals surface area contributed by atoms with Crippen molar-refractivity contribution in [3.8, 4) is 11.5 Å². The van der Waals surface area contributed by atoms with Crippen LogP contribution in [0, 0.1) is 11.8 Å². The maximum atomic E-state index is 13.9. The average Bonchev–Trinajstić information content (AvgIpc) is 2.87. The van der Waals surface area contributed by atoms with Gasteiger partial charge in [-0.05, 0) is 51.0 Å². The second-order valence-corrected chi connectivity index (χ2v) is 9.78. The maximum Gasteiger partial charge on any atom is 0.337 e. The average molecular weight is 498 g/mol. The van der Waals surface area contributed by atoms with Gasteiger partial charge in [0.15, 0.2) is 17.3 Å². The maximum absolute atomic E-state index is 13.9. The summed E-state index contributed by atoms with van der Waals surface area (Å²) in [5.41, 5.74) is 2.65. The SMILES string of the molecule is COC(=O)[C@@H]1C(=O)C2=C(C[C@@H]1C)NC(C)=C(C(=O)OC1CCCCC1)[C@H]2c1cccc(OC)c1OC. The Morgan fingerprint density at radius 3 is 2.39 bits per heavy atom. The molecule has 0 radical (unpaired) electrons. The zero-order chi connectivity index (χ0) is 26.0. The number of ketones is 1. The van der Waals surface area contributed by atoms with Crippen LogP contribution in [-0.4, -0.2) is 45.2 Å². The third-order valence-electron chi connectivity index (χ3n) is 7.53. The minimum atomic E-state index is -0.955. The molecule has 2 aliphatic carbocycles. The van der Waals surface area contributed by atoms with E-state index in [1.54, 1.807) is 12.1 Å². The fourth-order valence-corrected chi connectivity index (χ4v) is 5.80. The summed E-state index contributed by atoms with van der Waals surface area (Å²) in [7, 11) is 4.34. The molecule has 0 saturated heterocycles. The lowest BCUT2D eigenvalue weighted by atomic mass is 9.69. The molecule has 1 aromatic carbocycles. The lowest BCUT2D eigenvalue weighted by molar-refractivity contribution is -0.151. The van der Waals surface area contributed by atoms with E-state index in [0.717, 1.165) is 32.1 Å². The minimum absolute atomic E-state index is 0.153. The molecule has 1 aliphatic heterocycles. The quantitative estimate of drug-likeness (QED) is 0.461. The summed E-state index contributed by atoms with van der Waals surface area (Å²) in [6, 6.07) is 5.38. The Morgan fingerprint density at radius 2 is 1.75 bits per heavy atom. The van der Waals surface area contributed by atoms with Crippen molar-refractivity contribution >= 4 is 17.7 Å². The molecule has 0 unspecified atom stereocenters. The van der Waals surface area contributed by atoms with Crippen LogP contribution >= 0.6 is 0 Å². The Bertz CT molecular complexity index is 1110. The van der Waals surface area contributed by atoms with Crippen LogP contribution in [0.25, 0.3) is 0 Å². The third kappa shape index (κ3) is 4.61. The zero-order valence-electron chi connectivity index (χ0n) is 21.6. The highest BCUT2D eigenvalue weighted by molar-refractivity contribution is 6.12. The largest absolute Gasteiger partial charge is 0.493 e. The molecule has 1 N–H and O–H groups in total. The molecule has 4 rings (SSSR count). The number of rotatable bonds is 6. The van der Waals surface area contributed by atoms with Crippen molar-refractivity contribution in [3.63, 3.8) is 0 Å². The van der Waals surface area contributed by atoms with Crippen LogP contribution in [0.15, 0.2) is 40.7 Å². The number of ether oxygens (including phenoxy) is 4. The number of dihydropyridines is 1.